The van der Waals surface area contributed by atoms with E-state index in [-0.39, 0.29) is 5.60 Å². The van der Waals surface area contributed by atoms with E-state index in [0.29, 0.717) is 6.10 Å². The van der Waals surface area contributed by atoms with Gasteiger partial charge in [0.25, 0.3) is 0 Å². The fraction of sp³-hybridized carbons (Fsp3) is 1.00. The van der Waals surface area contributed by atoms with Crippen molar-refractivity contribution in [3.8, 4) is 0 Å². The van der Waals surface area contributed by atoms with Crippen LogP contribution in [0.15, 0.2) is 0 Å². The standard InChI is InChI=1S/C21H41NO/c1-21(2)17-19-15-12-14-18(20(19)23-21)13-10-8-6-4-3-5-7-9-11-16-22/h18-20H,3-17,22H2,1-2H3. The molecule has 1 saturated carbocycles. The topological polar surface area (TPSA) is 35.2 Å². The second kappa shape index (κ2) is 10.0. The molecule has 2 nitrogen and oxygen atoms in total. The lowest BCUT2D eigenvalue weighted by atomic mass is 9.75. The molecule has 1 aliphatic carbocycles. The summed E-state index contributed by atoms with van der Waals surface area (Å²) in [5.41, 5.74) is 5.66. The van der Waals surface area contributed by atoms with Gasteiger partial charge in [-0.3, -0.25) is 0 Å². The van der Waals surface area contributed by atoms with E-state index >= 15 is 0 Å². The first-order valence-corrected chi connectivity index (χ1v) is 10.5. The van der Waals surface area contributed by atoms with Crippen molar-refractivity contribution >= 4 is 0 Å². The van der Waals surface area contributed by atoms with E-state index in [2.05, 4.69) is 13.8 Å². The number of nitrogens with two attached hydrogens (primary N) is 1. The predicted octanol–water partition coefficient (Wildman–Crippen LogP) is 5.83. The van der Waals surface area contributed by atoms with Gasteiger partial charge in [-0.05, 0) is 64.3 Å². The quantitative estimate of drug-likeness (QED) is 0.485. The smallest absolute Gasteiger partial charge is 0.0639 e. The first kappa shape index (κ1) is 19.2. The van der Waals surface area contributed by atoms with Crippen molar-refractivity contribution in [2.24, 2.45) is 17.6 Å². The van der Waals surface area contributed by atoms with Gasteiger partial charge in [-0.25, -0.2) is 0 Å². The number of fused-ring (bicyclic) bond motifs is 1. The third kappa shape index (κ3) is 6.74. The van der Waals surface area contributed by atoms with Crippen molar-refractivity contribution in [3.63, 3.8) is 0 Å². The first-order valence-electron chi connectivity index (χ1n) is 10.5. The molecule has 0 bridgehead atoms. The summed E-state index contributed by atoms with van der Waals surface area (Å²) in [6, 6.07) is 0. The lowest BCUT2D eigenvalue weighted by Gasteiger charge is -2.33. The van der Waals surface area contributed by atoms with Crippen molar-refractivity contribution in [1.29, 1.82) is 0 Å². The van der Waals surface area contributed by atoms with Crippen LogP contribution in [0.1, 0.15) is 104 Å². The van der Waals surface area contributed by atoms with Crippen molar-refractivity contribution in [2.45, 2.75) is 115 Å². The minimum absolute atomic E-state index is 0.141. The van der Waals surface area contributed by atoms with Crippen molar-refractivity contribution in [1.82, 2.24) is 0 Å². The SMILES string of the molecule is CC1(C)CC2CCCC(CCCCCCCCCCCN)C2O1. The Morgan fingerprint density at radius 3 is 2.13 bits per heavy atom. The molecule has 2 heteroatoms. The van der Waals surface area contributed by atoms with Gasteiger partial charge in [-0.1, -0.05) is 57.8 Å². The molecule has 1 heterocycles. The van der Waals surface area contributed by atoms with E-state index in [1.54, 1.807) is 0 Å². The Labute approximate surface area is 144 Å². The highest BCUT2D eigenvalue weighted by molar-refractivity contribution is 4.94. The minimum atomic E-state index is 0.141. The van der Waals surface area contributed by atoms with Gasteiger partial charge in [-0.2, -0.15) is 0 Å². The van der Waals surface area contributed by atoms with Crippen molar-refractivity contribution in [3.05, 3.63) is 0 Å². The Kier molecular flexibility index (Phi) is 8.40. The van der Waals surface area contributed by atoms with Gasteiger partial charge in [0.05, 0.1) is 11.7 Å². The molecule has 1 saturated heterocycles. The molecular weight excluding hydrogens is 282 g/mol. The molecule has 2 aliphatic rings. The molecule has 0 aromatic rings. The Morgan fingerprint density at radius 1 is 0.870 bits per heavy atom. The molecule has 2 N–H and O–H groups in total. The fourth-order valence-corrected chi connectivity index (χ4v) is 4.91. The van der Waals surface area contributed by atoms with E-state index in [1.165, 1.54) is 89.9 Å². The average molecular weight is 324 g/mol. The van der Waals surface area contributed by atoms with Gasteiger partial charge >= 0.3 is 0 Å². The molecule has 0 aromatic heterocycles. The van der Waals surface area contributed by atoms with Crippen LogP contribution < -0.4 is 5.73 Å². The number of ether oxygens (including phenoxy) is 1. The zero-order valence-corrected chi connectivity index (χ0v) is 15.8. The maximum Gasteiger partial charge on any atom is 0.0639 e. The van der Waals surface area contributed by atoms with Crippen LogP contribution in [0, 0.1) is 11.8 Å². The molecule has 3 atom stereocenters. The Bertz CT molecular complexity index is 315. The molecule has 0 aromatic carbocycles. The number of hydrogen-bond acceptors (Lipinski definition) is 2. The monoisotopic (exact) mass is 323 g/mol. The van der Waals surface area contributed by atoms with Crippen molar-refractivity contribution in [2.75, 3.05) is 6.54 Å². The molecule has 136 valence electrons. The lowest BCUT2D eigenvalue weighted by molar-refractivity contribution is -0.0600. The van der Waals surface area contributed by atoms with Crippen LogP contribution in [-0.4, -0.2) is 18.2 Å². The van der Waals surface area contributed by atoms with Crippen molar-refractivity contribution < 1.29 is 4.74 Å². The Balaban J connectivity index is 1.49. The summed E-state index contributed by atoms with van der Waals surface area (Å²) in [4.78, 5) is 0. The second-order valence-electron chi connectivity index (χ2n) is 8.76. The first-order chi connectivity index (χ1) is 11.1. The van der Waals surface area contributed by atoms with Crippen LogP contribution in [0.2, 0.25) is 0 Å². The fourth-order valence-electron chi connectivity index (χ4n) is 4.91. The third-order valence-corrected chi connectivity index (χ3v) is 6.07. The highest BCUT2D eigenvalue weighted by atomic mass is 16.5. The molecular formula is C21H41NO. The van der Waals surface area contributed by atoms with Gasteiger partial charge in [-0.15, -0.1) is 0 Å². The van der Waals surface area contributed by atoms with Gasteiger partial charge in [0, 0.05) is 0 Å². The summed E-state index contributed by atoms with van der Waals surface area (Å²) >= 11 is 0. The van der Waals surface area contributed by atoms with Gasteiger partial charge in [0.2, 0.25) is 0 Å². The second-order valence-corrected chi connectivity index (χ2v) is 8.76. The normalized spacial score (nSPS) is 29.6. The minimum Gasteiger partial charge on any atom is -0.372 e. The summed E-state index contributed by atoms with van der Waals surface area (Å²) in [5.74, 6) is 1.71. The number of unbranched alkanes of at least 4 members (excludes halogenated alkanes) is 8. The van der Waals surface area contributed by atoms with Crippen LogP contribution in [0.5, 0.6) is 0 Å². The van der Waals surface area contributed by atoms with E-state index in [4.69, 9.17) is 10.5 Å². The van der Waals surface area contributed by atoms with Gasteiger partial charge in [0.15, 0.2) is 0 Å². The predicted molar refractivity (Wildman–Crippen MR) is 99.6 cm³/mol. The van der Waals surface area contributed by atoms with E-state index in [1.807, 2.05) is 0 Å². The lowest BCUT2D eigenvalue weighted by Crippen LogP contribution is -2.31. The zero-order chi connectivity index (χ0) is 16.5. The zero-order valence-electron chi connectivity index (χ0n) is 15.8. The maximum absolute atomic E-state index is 6.40. The largest absolute Gasteiger partial charge is 0.372 e. The molecule has 0 radical (unpaired) electrons. The molecule has 3 unspecified atom stereocenters. The summed E-state index contributed by atoms with van der Waals surface area (Å²) in [7, 11) is 0. The summed E-state index contributed by atoms with van der Waals surface area (Å²) in [6.07, 6.45) is 20.0. The summed E-state index contributed by atoms with van der Waals surface area (Å²) in [5, 5.41) is 0. The molecule has 0 amide bonds. The maximum atomic E-state index is 6.40. The Morgan fingerprint density at radius 2 is 1.48 bits per heavy atom. The molecule has 2 fully saturated rings. The van der Waals surface area contributed by atoms with Crippen LogP contribution in [0.3, 0.4) is 0 Å². The van der Waals surface area contributed by atoms with E-state index in [0.717, 1.165) is 18.4 Å². The third-order valence-electron chi connectivity index (χ3n) is 6.07. The molecule has 23 heavy (non-hydrogen) atoms. The highest BCUT2D eigenvalue weighted by Gasteiger charge is 2.45. The number of hydrogen-bond donors (Lipinski definition) is 1. The average Bonchev–Trinajstić information content (AvgIpc) is 2.84. The number of rotatable bonds is 11. The molecule has 2 rings (SSSR count). The molecule has 0 spiro atoms. The highest BCUT2D eigenvalue weighted by Crippen LogP contribution is 2.46. The van der Waals surface area contributed by atoms with Gasteiger partial charge in [0.1, 0.15) is 0 Å². The van der Waals surface area contributed by atoms with Crippen LogP contribution in [-0.2, 0) is 4.74 Å². The van der Waals surface area contributed by atoms with Crippen LogP contribution in [0.4, 0.5) is 0 Å². The summed E-state index contributed by atoms with van der Waals surface area (Å²) < 4.78 is 6.40. The van der Waals surface area contributed by atoms with Gasteiger partial charge < -0.3 is 10.5 Å². The Hall–Kier alpha value is -0.0800. The van der Waals surface area contributed by atoms with E-state index in [9.17, 15) is 0 Å². The van der Waals surface area contributed by atoms with E-state index < -0.39 is 0 Å². The molecule has 1 aliphatic heterocycles. The van der Waals surface area contributed by atoms with Crippen LogP contribution >= 0.6 is 0 Å². The van der Waals surface area contributed by atoms with Crippen LogP contribution in [0.25, 0.3) is 0 Å². The summed E-state index contributed by atoms with van der Waals surface area (Å²) in [6.45, 7) is 5.44.